The lowest BCUT2D eigenvalue weighted by molar-refractivity contribution is -0.134. The van der Waals surface area contributed by atoms with Gasteiger partial charge in [0.15, 0.2) is 5.69 Å². The number of aromatic nitrogens is 3. The van der Waals surface area contributed by atoms with E-state index >= 15 is 0 Å². The number of hydrogen-bond acceptors (Lipinski definition) is 8. The second-order valence-corrected chi connectivity index (χ2v) is 10.5. The Morgan fingerprint density at radius 1 is 0.929 bits per heavy atom. The summed E-state index contributed by atoms with van der Waals surface area (Å²) in [6.07, 6.45) is 4.89. The third-order valence-corrected chi connectivity index (χ3v) is 7.55. The quantitative estimate of drug-likeness (QED) is 0.348. The van der Waals surface area contributed by atoms with Crippen molar-refractivity contribution in [2.45, 2.75) is 59.5 Å². The average Bonchev–Trinajstić information content (AvgIpc) is 3.58. The molecule has 218 valence electrons. The first kappa shape index (κ1) is 28.9. The molecule has 0 saturated heterocycles. The van der Waals surface area contributed by atoms with Crippen LogP contribution < -0.4 is 0 Å². The molecule has 10 heteroatoms. The first-order valence-corrected chi connectivity index (χ1v) is 14.3. The maximum absolute atomic E-state index is 14.0. The zero-order chi connectivity index (χ0) is 29.8. The molecule has 1 aliphatic carbocycles. The normalized spacial score (nSPS) is 18.9. The van der Waals surface area contributed by atoms with E-state index in [-0.39, 0.29) is 49.0 Å². The van der Waals surface area contributed by atoms with Gasteiger partial charge in [-0.05, 0) is 69.7 Å². The number of rotatable bonds is 8. The van der Waals surface area contributed by atoms with Crippen molar-refractivity contribution in [1.29, 1.82) is 0 Å². The summed E-state index contributed by atoms with van der Waals surface area (Å²) in [5.74, 6) is -1.99. The summed E-state index contributed by atoms with van der Waals surface area (Å²) >= 11 is 0. The van der Waals surface area contributed by atoms with Gasteiger partial charge in [-0.1, -0.05) is 64.9 Å². The van der Waals surface area contributed by atoms with Crippen molar-refractivity contribution in [2.75, 3.05) is 13.2 Å². The number of esters is 2. The Labute approximate surface area is 245 Å². The molecule has 5 rings (SSSR count). The van der Waals surface area contributed by atoms with E-state index in [4.69, 9.17) is 14.6 Å². The summed E-state index contributed by atoms with van der Waals surface area (Å²) in [6, 6.07) is 16.1. The number of hydrogen-bond donors (Lipinski definition) is 0. The van der Waals surface area contributed by atoms with E-state index in [1.54, 1.807) is 13.8 Å². The molecule has 1 aromatic heterocycles. The minimum absolute atomic E-state index is 0.0115. The van der Waals surface area contributed by atoms with E-state index in [1.807, 2.05) is 31.2 Å². The van der Waals surface area contributed by atoms with Crippen LogP contribution in [0.15, 0.2) is 59.2 Å². The molecule has 2 aromatic carbocycles. The highest BCUT2D eigenvalue weighted by Gasteiger charge is 2.44. The highest BCUT2D eigenvalue weighted by Crippen LogP contribution is 2.44. The van der Waals surface area contributed by atoms with Crippen molar-refractivity contribution < 1.29 is 23.9 Å². The van der Waals surface area contributed by atoms with Gasteiger partial charge in [0.2, 0.25) is 5.69 Å². The Morgan fingerprint density at radius 2 is 1.57 bits per heavy atom. The van der Waals surface area contributed by atoms with Gasteiger partial charge >= 0.3 is 11.9 Å². The Balaban J connectivity index is 1.52. The number of carbonyl (C=O) groups is 3. The molecule has 3 aromatic rings. The van der Waals surface area contributed by atoms with Crippen LogP contribution in [0, 0.1) is 19.8 Å². The molecule has 2 aliphatic rings. The van der Waals surface area contributed by atoms with E-state index in [9.17, 15) is 14.4 Å². The maximum Gasteiger partial charge on any atom is 0.361 e. The zero-order valence-electron chi connectivity index (χ0n) is 24.4. The van der Waals surface area contributed by atoms with Crippen molar-refractivity contribution in [3.63, 3.8) is 0 Å². The van der Waals surface area contributed by atoms with E-state index in [0.717, 1.165) is 51.9 Å². The molecule has 2 heterocycles. The van der Waals surface area contributed by atoms with Crippen LogP contribution in [0.3, 0.4) is 0 Å². The summed E-state index contributed by atoms with van der Waals surface area (Å²) in [6.45, 7) is 7.19. The highest BCUT2D eigenvalue weighted by molar-refractivity contribution is 6.08. The van der Waals surface area contributed by atoms with Gasteiger partial charge in [-0.3, -0.25) is 4.79 Å². The first-order chi connectivity index (χ1) is 20.3. The zero-order valence-corrected chi connectivity index (χ0v) is 24.4. The Bertz CT molecular complexity index is 1540. The van der Waals surface area contributed by atoms with Gasteiger partial charge in [-0.25, -0.2) is 19.3 Å². The molecule has 42 heavy (non-hydrogen) atoms. The Kier molecular flexibility index (Phi) is 8.61. The summed E-state index contributed by atoms with van der Waals surface area (Å²) in [4.78, 5) is 39.3. The maximum atomic E-state index is 14.0. The van der Waals surface area contributed by atoms with Crippen LogP contribution in [0.4, 0.5) is 0 Å². The van der Waals surface area contributed by atoms with Gasteiger partial charge in [0.25, 0.3) is 5.91 Å². The summed E-state index contributed by atoms with van der Waals surface area (Å²) in [7, 11) is 0. The predicted octanol–water partition coefficient (Wildman–Crippen LogP) is 5.07. The monoisotopic (exact) mass is 569 g/mol. The second-order valence-electron chi connectivity index (χ2n) is 10.5. The molecule has 1 aliphatic heterocycles. The van der Waals surface area contributed by atoms with Crippen molar-refractivity contribution >= 4 is 29.6 Å². The SMILES string of the molecule is CCOC(=O)c1nnn(CC(=O)N2N=C3/C(=C\c4ccc(C)cc4)CCCC3C2c2ccc(C)cc2)c1C(=O)OCC. The minimum atomic E-state index is -0.810. The molecular weight excluding hydrogens is 534 g/mol. The molecule has 1 amide bonds. The molecular formula is C32H35N5O5. The largest absolute Gasteiger partial charge is 0.461 e. The standard InChI is InChI=1S/C32H35N5O5/c1-5-41-31(39)28-30(32(40)42-6-2)36(35-33-28)19-26(38)37-29(23-16-12-21(4)13-17-23)25-9-7-8-24(27(25)34-37)18-22-14-10-20(3)11-15-22/h10-18,25,29H,5-9,19H2,1-4H3/b24-18-. The highest BCUT2D eigenvalue weighted by atomic mass is 16.5. The molecule has 0 spiro atoms. The summed E-state index contributed by atoms with van der Waals surface area (Å²) < 4.78 is 11.3. The molecule has 1 fully saturated rings. The van der Waals surface area contributed by atoms with Gasteiger partial charge in [-0.15, -0.1) is 5.10 Å². The van der Waals surface area contributed by atoms with Gasteiger partial charge in [0.1, 0.15) is 6.54 Å². The molecule has 2 atom stereocenters. The van der Waals surface area contributed by atoms with Crippen molar-refractivity contribution in [1.82, 2.24) is 20.0 Å². The average molecular weight is 570 g/mol. The Hall–Kier alpha value is -4.60. The number of nitrogens with zero attached hydrogens (tertiary/aromatic N) is 5. The van der Waals surface area contributed by atoms with Crippen LogP contribution in [0.2, 0.25) is 0 Å². The van der Waals surface area contributed by atoms with E-state index in [2.05, 4.69) is 47.6 Å². The van der Waals surface area contributed by atoms with Crippen molar-refractivity contribution in [2.24, 2.45) is 11.0 Å². The van der Waals surface area contributed by atoms with Gasteiger partial charge < -0.3 is 9.47 Å². The molecule has 0 radical (unpaired) electrons. The van der Waals surface area contributed by atoms with Crippen LogP contribution in [-0.4, -0.2) is 56.8 Å². The summed E-state index contributed by atoms with van der Waals surface area (Å²) in [5.41, 5.74) is 5.87. The number of benzene rings is 2. The van der Waals surface area contributed by atoms with Gasteiger partial charge in [0.05, 0.1) is 25.0 Å². The third-order valence-electron chi connectivity index (χ3n) is 7.55. The fourth-order valence-corrected chi connectivity index (χ4v) is 5.53. The fraction of sp³-hybridized carbons (Fsp3) is 0.375. The number of hydrazone groups is 1. The van der Waals surface area contributed by atoms with Crippen molar-refractivity contribution in [3.05, 3.63) is 87.7 Å². The molecule has 0 N–H and O–H groups in total. The van der Waals surface area contributed by atoms with Gasteiger partial charge in [-0.2, -0.15) is 5.10 Å². The van der Waals surface area contributed by atoms with Crippen LogP contribution in [0.25, 0.3) is 6.08 Å². The Morgan fingerprint density at radius 3 is 2.24 bits per heavy atom. The first-order valence-electron chi connectivity index (χ1n) is 14.3. The number of ether oxygens (including phenoxy) is 2. The lowest BCUT2D eigenvalue weighted by Crippen LogP contribution is -2.34. The number of aryl methyl sites for hydroxylation is 2. The second kappa shape index (κ2) is 12.5. The fourth-order valence-electron chi connectivity index (χ4n) is 5.53. The third kappa shape index (κ3) is 5.88. The lowest BCUT2D eigenvalue weighted by Gasteiger charge is -2.29. The smallest absolute Gasteiger partial charge is 0.361 e. The van der Waals surface area contributed by atoms with E-state index in [0.29, 0.717) is 0 Å². The van der Waals surface area contributed by atoms with Crippen molar-refractivity contribution in [3.8, 4) is 0 Å². The van der Waals surface area contributed by atoms with Crippen LogP contribution in [0.5, 0.6) is 0 Å². The lowest BCUT2D eigenvalue weighted by atomic mass is 9.77. The number of carbonyl (C=O) groups excluding carboxylic acids is 3. The van der Waals surface area contributed by atoms with Gasteiger partial charge in [0, 0.05) is 5.92 Å². The predicted molar refractivity (Wildman–Crippen MR) is 157 cm³/mol. The number of amides is 1. The molecule has 1 saturated carbocycles. The number of fused-ring (bicyclic) bond motifs is 1. The molecule has 10 nitrogen and oxygen atoms in total. The van der Waals surface area contributed by atoms with E-state index in [1.165, 1.54) is 10.6 Å². The molecule has 2 unspecified atom stereocenters. The topological polar surface area (TPSA) is 116 Å². The molecule has 0 bridgehead atoms. The number of allylic oxidation sites excluding steroid dienone is 1. The van der Waals surface area contributed by atoms with E-state index < -0.39 is 11.9 Å². The minimum Gasteiger partial charge on any atom is -0.461 e. The van der Waals surface area contributed by atoms with Crippen LogP contribution >= 0.6 is 0 Å². The van der Waals surface area contributed by atoms with Crippen LogP contribution in [-0.2, 0) is 20.8 Å². The summed E-state index contributed by atoms with van der Waals surface area (Å²) in [5, 5.41) is 14.3. The van der Waals surface area contributed by atoms with Crippen LogP contribution in [0.1, 0.15) is 82.4 Å².